The smallest absolute Gasteiger partial charge is 0.300 e. The third-order valence-electron chi connectivity index (χ3n) is 7.31. The average molecular weight is 563 g/mol. The number of ketones is 1. The number of hydrogen-bond acceptors (Lipinski definition) is 5. The summed E-state index contributed by atoms with van der Waals surface area (Å²) in [5.74, 6) is -3.45. The van der Waals surface area contributed by atoms with Crippen LogP contribution in [0.1, 0.15) is 64.3 Å². The highest BCUT2D eigenvalue weighted by atomic mass is 19.1. The maximum Gasteiger partial charge on any atom is 0.300 e. The second kappa shape index (κ2) is 11.7. The summed E-state index contributed by atoms with van der Waals surface area (Å²) < 4.78 is 35.1. The van der Waals surface area contributed by atoms with E-state index < -0.39 is 35.1 Å². The van der Waals surface area contributed by atoms with Gasteiger partial charge in [-0.05, 0) is 74.2 Å². The predicted molar refractivity (Wildman–Crippen MR) is 157 cm³/mol. The van der Waals surface area contributed by atoms with Crippen LogP contribution in [0, 0.1) is 11.6 Å². The van der Waals surface area contributed by atoms with Gasteiger partial charge in [0.15, 0.2) is 0 Å². The number of aliphatic hydroxyl groups is 1. The molecule has 4 rings (SSSR count). The number of carbonyl (C=O) groups is 2. The standard InChI is InChI=1S/C33H36F2N2O4/c1-7-36(8-2)23-14-10-20(11-15-23)29-28(31(39)32(40)37(29)26-19-22(34)13-16-25(26)35)30(38)21-12-17-27(41-9-3)24(18-21)33(4,5)6/h10-19,29,38H,7-9H2,1-6H3/b30-28-. The van der Waals surface area contributed by atoms with Gasteiger partial charge in [0.1, 0.15) is 23.1 Å². The highest BCUT2D eigenvalue weighted by Gasteiger charge is 2.48. The zero-order chi connectivity index (χ0) is 30.1. The van der Waals surface area contributed by atoms with Crippen LogP contribution < -0.4 is 14.5 Å². The van der Waals surface area contributed by atoms with E-state index in [4.69, 9.17) is 4.74 Å². The minimum Gasteiger partial charge on any atom is -0.507 e. The lowest BCUT2D eigenvalue weighted by Crippen LogP contribution is -2.30. The van der Waals surface area contributed by atoms with Crippen LogP contribution in [0.2, 0.25) is 0 Å². The fourth-order valence-corrected chi connectivity index (χ4v) is 5.22. The van der Waals surface area contributed by atoms with Gasteiger partial charge in [-0.15, -0.1) is 0 Å². The molecule has 216 valence electrons. The van der Waals surface area contributed by atoms with Gasteiger partial charge in [0.05, 0.1) is 23.9 Å². The topological polar surface area (TPSA) is 70.1 Å². The van der Waals surface area contributed by atoms with Gasteiger partial charge in [-0.1, -0.05) is 32.9 Å². The molecule has 0 radical (unpaired) electrons. The lowest BCUT2D eigenvalue weighted by atomic mass is 9.84. The van der Waals surface area contributed by atoms with Gasteiger partial charge in [-0.25, -0.2) is 8.78 Å². The number of anilines is 2. The molecule has 3 aromatic carbocycles. The number of rotatable bonds is 8. The van der Waals surface area contributed by atoms with E-state index in [1.54, 1.807) is 30.3 Å². The highest BCUT2D eigenvalue weighted by molar-refractivity contribution is 6.51. The van der Waals surface area contributed by atoms with Crippen molar-refractivity contribution in [3.63, 3.8) is 0 Å². The average Bonchev–Trinajstić information content (AvgIpc) is 3.20. The molecule has 1 N–H and O–H groups in total. The summed E-state index contributed by atoms with van der Waals surface area (Å²) >= 11 is 0. The van der Waals surface area contributed by atoms with Crippen LogP contribution in [0.5, 0.6) is 5.75 Å². The Morgan fingerprint density at radius 1 is 0.951 bits per heavy atom. The minimum atomic E-state index is -1.19. The number of nitrogens with zero attached hydrogens (tertiary/aromatic N) is 2. The lowest BCUT2D eigenvalue weighted by Gasteiger charge is -2.27. The summed E-state index contributed by atoms with van der Waals surface area (Å²) in [6, 6.07) is 13.8. The van der Waals surface area contributed by atoms with Gasteiger partial charge in [0, 0.05) is 36.0 Å². The minimum absolute atomic E-state index is 0.210. The van der Waals surface area contributed by atoms with Crippen molar-refractivity contribution >= 4 is 28.8 Å². The third kappa shape index (κ3) is 5.69. The number of carbonyl (C=O) groups excluding carboxylic acids is 2. The van der Waals surface area contributed by atoms with Crippen molar-refractivity contribution < 1.29 is 28.2 Å². The molecule has 41 heavy (non-hydrogen) atoms. The molecule has 0 aliphatic carbocycles. The van der Waals surface area contributed by atoms with Crippen LogP contribution >= 0.6 is 0 Å². The molecule has 1 amide bonds. The monoisotopic (exact) mass is 562 g/mol. The van der Waals surface area contributed by atoms with Gasteiger partial charge < -0.3 is 14.7 Å². The number of amides is 1. The second-order valence-electron chi connectivity index (χ2n) is 10.9. The van der Waals surface area contributed by atoms with Crippen molar-refractivity contribution in [2.24, 2.45) is 0 Å². The molecule has 1 unspecified atom stereocenters. The fraction of sp³-hybridized carbons (Fsp3) is 0.333. The summed E-state index contributed by atoms with van der Waals surface area (Å²) in [6.45, 7) is 13.9. The van der Waals surface area contributed by atoms with E-state index in [2.05, 4.69) is 4.90 Å². The largest absolute Gasteiger partial charge is 0.507 e. The molecular formula is C33H36F2N2O4. The molecule has 1 aliphatic heterocycles. The number of Topliss-reactive ketones (excluding diaryl/α,β-unsaturated/α-hetero) is 1. The Balaban J connectivity index is 1.96. The number of halogens is 2. The SMILES string of the molecule is CCOc1ccc(/C(O)=C2/C(=O)C(=O)N(c3cc(F)ccc3F)C2c2ccc(N(CC)CC)cc2)cc1C(C)(C)C. The van der Waals surface area contributed by atoms with Gasteiger partial charge in [0.25, 0.3) is 11.7 Å². The molecule has 1 atom stereocenters. The summed E-state index contributed by atoms with van der Waals surface area (Å²) in [5, 5.41) is 11.6. The maximum absolute atomic E-state index is 15.1. The first-order valence-corrected chi connectivity index (χ1v) is 13.8. The first kappa shape index (κ1) is 29.8. The van der Waals surface area contributed by atoms with Crippen molar-refractivity contribution in [2.75, 3.05) is 29.5 Å². The Kier molecular flexibility index (Phi) is 8.52. The van der Waals surface area contributed by atoms with Gasteiger partial charge in [0.2, 0.25) is 0 Å². The Morgan fingerprint density at radius 3 is 2.20 bits per heavy atom. The lowest BCUT2D eigenvalue weighted by molar-refractivity contribution is -0.132. The molecule has 6 nitrogen and oxygen atoms in total. The molecule has 0 spiro atoms. The van der Waals surface area contributed by atoms with Gasteiger partial charge in [-0.2, -0.15) is 0 Å². The Labute approximate surface area is 239 Å². The van der Waals surface area contributed by atoms with Crippen molar-refractivity contribution in [3.05, 3.63) is 94.6 Å². The molecule has 0 bridgehead atoms. The van der Waals surface area contributed by atoms with Crippen LogP contribution in [0.4, 0.5) is 20.2 Å². The molecular weight excluding hydrogens is 526 g/mol. The van der Waals surface area contributed by atoms with Crippen molar-refractivity contribution in [1.82, 2.24) is 0 Å². The fourth-order valence-electron chi connectivity index (χ4n) is 5.22. The summed E-state index contributed by atoms with van der Waals surface area (Å²) in [7, 11) is 0. The van der Waals surface area contributed by atoms with E-state index in [0.717, 1.165) is 47.4 Å². The van der Waals surface area contributed by atoms with E-state index in [-0.39, 0.29) is 16.7 Å². The zero-order valence-corrected chi connectivity index (χ0v) is 24.3. The van der Waals surface area contributed by atoms with Crippen LogP contribution in [-0.2, 0) is 15.0 Å². The van der Waals surface area contributed by atoms with E-state index in [9.17, 15) is 19.1 Å². The first-order chi connectivity index (χ1) is 19.4. The van der Waals surface area contributed by atoms with E-state index >= 15 is 4.39 Å². The molecule has 0 aromatic heterocycles. The van der Waals surface area contributed by atoms with Crippen molar-refractivity contribution in [3.8, 4) is 5.75 Å². The molecule has 1 aliphatic rings. The molecule has 1 saturated heterocycles. The van der Waals surface area contributed by atoms with Crippen molar-refractivity contribution in [2.45, 2.75) is 53.0 Å². The quantitative estimate of drug-likeness (QED) is 0.180. The zero-order valence-electron chi connectivity index (χ0n) is 24.3. The highest BCUT2D eigenvalue weighted by Crippen LogP contribution is 2.44. The second-order valence-corrected chi connectivity index (χ2v) is 10.9. The number of aliphatic hydroxyl groups excluding tert-OH is 1. The Morgan fingerprint density at radius 2 is 1.61 bits per heavy atom. The number of benzene rings is 3. The molecule has 1 fully saturated rings. The van der Waals surface area contributed by atoms with Crippen LogP contribution in [0.15, 0.2) is 66.2 Å². The maximum atomic E-state index is 15.1. The van der Waals surface area contributed by atoms with Gasteiger partial charge in [-0.3, -0.25) is 14.5 Å². The van der Waals surface area contributed by atoms with E-state index in [0.29, 0.717) is 23.5 Å². The Hall–Kier alpha value is -4.20. The number of hydrogen-bond donors (Lipinski definition) is 1. The third-order valence-corrected chi connectivity index (χ3v) is 7.31. The molecule has 8 heteroatoms. The normalized spacial score (nSPS) is 16.8. The summed E-state index contributed by atoms with van der Waals surface area (Å²) in [4.78, 5) is 30.0. The van der Waals surface area contributed by atoms with E-state index in [1.807, 2.05) is 53.7 Å². The molecule has 0 saturated carbocycles. The Bertz CT molecular complexity index is 1490. The number of ether oxygens (including phenoxy) is 1. The van der Waals surface area contributed by atoms with Crippen LogP contribution in [0.25, 0.3) is 5.76 Å². The van der Waals surface area contributed by atoms with E-state index in [1.165, 1.54) is 0 Å². The van der Waals surface area contributed by atoms with Crippen molar-refractivity contribution in [1.29, 1.82) is 0 Å². The van der Waals surface area contributed by atoms with Crippen LogP contribution in [0.3, 0.4) is 0 Å². The first-order valence-electron chi connectivity index (χ1n) is 13.8. The summed E-state index contributed by atoms with van der Waals surface area (Å²) in [6.07, 6.45) is 0. The van der Waals surface area contributed by atoms with Crippen LogP contribution in [-0.4, -0.2) is 36.5 Å². The molecule has 3 aromatic rings. The van der Waals surface area contributed by atoms with Gasteiger partial charge >= 0.3 is 0 Å². The molecule has 1 heterocycles. The summed E-state index contributed by atoms with van der Waals surface area (Å²) in [5.41, 5.74) is 1.54. The predicted octanol–water partition coefficient (Wildman–Crippen LogP) is 7.13.